The molecule has 0 bridgehead atoms. The number of thiol groups is 1. The van der Waals surface area contributed by atoms with Gasteiger partial charge in [0.2, 0.25) is 0 Å². The van der Waals surface area contributed by atoms with Gasteiger partial charge < -0.3 is 0 Å². The minimum Gasteiger partial charge on any atom is -0.287 e. The highest BCUT2D eigenvalue weighted by Gasteiger charge is 2.12. The van der Waals surface area contributed by atoms with Crippen molar-refractivity contribution >= 4 is 17.7 Å². The van der Waals surface area contributed by atoms with Crippen LogP contribution in [0.3, 0.4) is 0 Å². The van der Waals surface area contributed by atoms with E-state index in [-0.39, 0.29) is 11.0 Å². The monoisotopic (exact) mass is 314 g/mol. The van der Waals surface area contributed by atoms with Crippen molar-refractivity contribution in [1.29, 1.82) is 0 Å². The van der Waals surface area contributed by atoms with E-state index in [0.717, 1.165) is 19.3 Å². The molecule has 1 unspecified atom stereocenters. The summed E-state index contributed by atoms with van der Waals surface area (Å²) in [6.07, 6.45) is 19.7. The Bertz CT molecular complexity index is 228. The highest BCUT2D eigenvalue weighted by molar-refractivity contribution is 7.96. The second kappa shape index (κ2) is 16.4. The number of carbonyl (C=O) groups is 1. The first kappa shape index (κ1) is 21.0. The first-order valence-electron chi connectivity index (χ1n) is 9.45. The van der Waals surface area contributed by atoms with Crippen LogP contribution in [0.1, 0.15) is 110 Å². The molecule has 0 aliphatic heterocycles. The molecule has 0 aliphatic rings. The molecule has 0 aromatic carbocycles. The fraction of sp³-hybridized carbons (Fsp3) is 0.947. The molecule has 0 fully saturated rings. The number of hydrogen-bond donors (Lipinski definition) is 1. The van der Waals surface area contributed by atoms with E-state index in [1.807, 2.05) is 0 Å². The fourth-order valence-electron chi connectivity index (χ4n) is 2.97. The van der Waals surface area contributed by atoms with E-state index in [1.54, 1.807) is 0 Å². The summed E-state index contributed by atoms with van der Waals surface area (Å²) < 4.78 is 0. The van der Waals surface area contributed by atoms with Gasteiger partial charge in [-0.1, -0.05) is 97.3 Å². The lowest BCUT2D eigenvalue weighted by atomic mass is 9.97. The van der Waals surface area contributed by atoms with Gasteiger partial charge in [-0.2, -0.15) is 0 Å². The van der Waals surface area contributed by atoms with Gasteiger partial charge in [0.15, 0.2) is 5.12 Å². The van der Waals surface area contributed by atoms with E-state index in [0.29, 0.717) is 0 Å². The molecule has 0 amide bonds. The van der Waals surface area contributed by atoms with Gasteiger partial charge in [-0.05, 0) is 12.8 Å². The SMILES string of the molecule is CCCCCCCCCCCCCCC(CCC)C(=O)S. The summed E-state index contributed by atoms with van der Waals surface area (Å²) in [5.74, 6) is 0.210. The van der Waals surface area contributed by atoms with E-state index < -0.39 is 0 Å². The second-order valence-electron chi connectivity index (χ2n) is 6.50. The molecule has 0 radical (unpaired) electrons. The summed E-state index contributed by atoms with van der Waals surface area (Å²) in [5, 5.41) is 0.0972. The van der Waals surface area contributed by atoms with Crippen LogP contribution in [0.4, 0.5) is 0 Å². The zero-order chi connectivity index (χ0) is 15.8. The summed E-state index contributed by atoms with van der Waals surface area (Å²) in [6.45, 7) is 4.42. The van der Waals surface area contributed by atoms with E-state index in [1.165, 1.54) is 77.0 Å². The van der Waals surface area contributed by atoms with E-state index in [9.17, 15) is 4.79 Å². The quantitative estimate of drug-likeness (QED) is 0.241. The summed E-state index contributed by atoms with van der Waals surface area (Å²) in [7, 11) is 0. The minimum absolute atomic E-state index is 0.0972. The molecule has 2 heteroatoms. The second-order valence-corrected chi connectivity index (χ2v) is 6.94. The molecule has 1 nitrogen and oxygen atoms in total. The Hall–Kier alpha value is 0.0200. The van der Waals surface area contributed by atoms with Crippen molar-refractivity contribution in [3.05, 3.63) is 0 Å². The average Bonchev–Trinajstić information content (AvgIpc) is 2.47. The molecule has 0 heterocycles. The van der Waals surface area contributed by atoms with Crippen LogP contribution in [-0.4, -0.2) is 5.12 Å². The third-order valence-electron chi connectivity index (χ3n) is 4.39. The standard InChI is InChI=1S/C19H38OS/c1-3-5-6-7-8-9-10-11-12-13-14-15-17-18(16-4-2)19(20)21/h18H,3-17H2,1-2H3,(H,20,21). The zero-order valence-corrected chi connectivity index (χ0v) is 15.4. The number of unbranched alkanes of at least 4 members (excludes halogenated alkanes) is 11. The van der Waals surface area contributed by atoms with E-state index in [4.69, 9.17) is 0 Å². The van der Waals surface area contributed by atoms with Crippen molar-refractivity contribution in [2.24, 2.45) is 5.92 Å². The molecule has 0 saturated heterocycles. The van der Waals surface area contributed by atoms with Crippen molar-refractivity contribution < 1.29 is 4.79 Å². The van der Waals surface area contributed by atoms with Crippen LogP contribution in [0.25, 0.3) is 0 Å². The summed E-state index contributed by atoms with van der Waals surface area (Å²) in [6, 6.07) is 0. The van der Waals surface area contributed by atoms with Crippen molar-refractivity contribution in [3.8, 4) is 0 Å². The molecule has 0 aromatic rings. The predicted molar refractivity (Wildman–Crippen MR) is 98.1 cm³/mol. The van der Waals surface area contributed by atoms with Crippen molar-refractivity contribution in [2.45, 2.75) is 110 Å². The third kappa shape index (κ3) is 14.7. The maximum Gasteiger partial charge on any atom is 0.188 e. The van der Waals surface area contributed by atoms with Crippen LogP contribution in [0.5, 0.6) is 0 Å². The van der Waals surface area contributed by atoms with Gasteiger partial charge in [-0.15, -0.1) is 12.6 Å². The first-order chi connectivity index (χ1) is 10.2. The number of rotatable bonds is 16. The zero-order valence-electron chi connectivity index (χ0n) is 14.5. The molecule has 0 N–H and O–H groups in total. The Morgan fingerprint density at radius 1 is 0.667 bits per heavy atom. The highest BCUT2D eigenvalue weighted by Crippen LogP contribution is 2.19. The Morgan fingerprint density at radius 2 is 1.10 bits per heavy atom. The molecular weight excluding hydrogens is 276 g/mol. The fourth-order valence-corrected chi connectivity index (χ4v) is 3.23. The predicted octanol–water partition coefficient (Wildman–Crippen LogP) is 6.95. The lowest BCUT2D eigenvalue weighted by Crippen LogP contribution is -2.08. The van der Waals surface area contributed by atoms with Crippen molar-refractivity contribution in [2.75, 3.05) is 0 Å². The van der Waals surface area contributed by atoms with Gasteiger partial charge in [0.05, 0.1) is 0 Å². The molecule has 0 spiro atoms. The molecule has 0 rings (SSSR count). The first-order valence-corrected chi connectivity index (χ1v) is 9.89. The third-order valence-corrected chi connectivity index (χ3v) is 4.76. The molecular formula is C19H38OS. The number of carbonyl (C=O) groups excluding carboxylic acids is 1. The summed E-state index contributed by atoms with van der Waals surface area (Å²) >= 11 is 4.00. The molecule has 1 atom stereocenters. The van der Waals surface area contributed by atoms with Crippen molar-refractivity contribution in [1.82, 2.24) is 0 Å². The Morgan fingerprint density at radius 3 is 1.48 bits per heavy atom. The molecule has 0 saturated carbocycles. The van der Waals surface area contributed by atoms with E-state index >= 15 is 0 Å². The van der Waals surface area contributed by atoms with Gasteiger partial charge in [-0.3, -0.25) is 4.79 Å². The van der Waals surface area contributed by atoms with Gasteiger partial charge in [0.1, 0.15) is 0 Å². The minimum atomic E-state index is 0.0972. The molecule has 0 aliphatic carbocycles. The molecule has 21 heavy (non-hydrogen) atoms. The Kier molecular flexibility index (Phi) is 16.4. The highest BCUT2D eigenvalue weighted by atomic mass is 32.1. The van der Waals surface area contributed by atoms with Gasteiger partial charge in [0, 0.05) is 5.92 Å². The van der Waals surface area contributed by atoms with Gasteiger partial charge >= 0.3 is 0 Å². The topological polar surface area (TPSA) is 17.1 Å². The van der Waals surface area contributed by atoms with Gasteiger partial charge in [-0.25, -0.2) is 0 Å². The van der Waals surface area contributed by atoms with Crippen LogP contribution < -0.4 is 0 Å². The van der Waals surface area contributed by atoms with Crippen LogP contribution in [0.15, 0.2) is 0 Å². The van der Waals surface area contributed by atoms with Crippen LogP contribution >= 0.6 is 12.6 Å². The van der Waals surface area contributed by atoms with Crippen LogP contribution in [0, 0.1) is 5.92 Å². The lowest BCUT2D eigenvalue weighted by Gasteiger charge is -2.11. The average molecular weight is 315 g/mol. The Balaban J connectivity index is 3.23. The maximum atomic E-state index is 11.3. The van der Waals surface area contributed by atoms with Crippen molar-refractivity contribution in [3.63, 3.8) is 0 Å². The maximum absolute atomic E-state index is 11.3. The van der Waals surface area contributed by atoms with E-state index in [2.05, 4.69) is 26.5 Å². The normalized spacial score (nSPS) is 12.5. The lowest BCUT2D eigenvalue weighted by molar-refractivity contribution is -0.114. The Labute approximate surface area is 139 Å². The summed E-state index contributed by atoms with van der Waals surface area (Å²) in [5.41, 5.74) is 0. The van der Waals surface area contributed by atoms with Crippen LogP contribution in [0.2, 0.25) is 0 Å². The smallest absolute Gasteiger partial charge is 0.188 e. The van der Waals surface area contributed by atoms with Gasteiger partial charge in [0.25, 0.3) is 0 Å². The van der Waals surface area contributed by atoms with Crippen LogP contribution in [-0.2, 0) is 4.79 Å². The molecule has 0 aromatic heterocycles. The largest absolute Gasteiger partial charge is 0.287 e. The summed E-state index contributed by atoms with van der Waals surface area (Å²) in [4.78, 5) is 11.3. The number of hydrogen-bond acceptors (Lipinski definition) is 1. The molecule has 126 valence electrons.